The lowest BCUT2D eigenvalue weighted by atomic mass is 10.1. The molecule has 0 amide bonds. The molecule has 0 spiro atoms. The summed E-state index contributed by atoms with van der Waals surface area (Å²) < 4.78 is 13.1. The first kappa shape index (κ1) is 11.1. The summed E-state index contributed by atoms with van der Waals surface area (Å²) in [6, 6.07) is 4.57. The molecule has 0 unspecified atom stereocenters. The van der Waals surface area contributed by atoms with Crippen molar-refractivity contribution in [2.45, 2.75) is 13.0 Å². The summed E-state index contributed by atoms with van der Waals surface area (Å²) >= 11 is 4.01. The van der Waals surface area contributed by atoms with Gasteiger partial charge in [0, 0.05) is 23.3 Å². The number of hydrogen-bond donors (Lipinski definition) is 2. The third-order valence-corrected chi connectivity index (χ3v) is 1.92. The van der Waals surface area contributed by atoms with Crippen LogP contribution in [0.5, 0.6) is 0 Å². The van der Waals surface area contributed by atoms with Crippen molar-refractivity contribution in [3.05, 3.63) is 35.1 Å². The van der Waals surface area contributed by atoms with Crippen LogP contribution < -0.4 is 0 Å². The fraction of sp³-hybridized carbons (Fsp3) is 0.273. The summed E-state index contributed by atoms with van der Waals surface area (Å²) in [5, 5.41) is 8.74. The van der Waals surface area contributed by atoms with Crippen molar-refractivity contribution in [3.8, 4) is 11.8 Å². The predicted molar refractivity (Wildman–Crippen MR) is 57.7 cm³/mol. The van der Waals surface area contributed by atoms with Crippen molar-refractivity contribution < 1.29 is 9.50 Å². The highest BCUT2D eigenvalue weighted by Gasteiger charge is 1.99. The lowest BCUT2D eigenvalue weighted by molar-refractivity contribution is 0.275. The Balaban J connectivity index is 2.82. The minimum absolute atomic E-state index is 0.282. The fourth-order valence-electron chi connectivity index (χ4n) is 0.974. The maximum atomic E-state index is 13.1. The van der Waals surface area contributed by atoms with Gasteiger partial charge in [-0.25, -0.2) is 4.39 Å². The average Bonchev–Trinajstić information content (AvgIpc) is 2.18. The molecule has 0 radical (unpaired) electrons. The Morgan fingerprint density at radius 1 is 1.43 bits per heavy atom. The maximum absolute atomic E-state index is 13.1. The normalized spacial score (nSPS) is 9.36. The molecule has 0 bridgehead atoms. The van der Waals surface area contributed by atoms with Gasteiger partial charge in [-0.1, -0.05) is 17.9 Å². The van der Waals surface area contributed by atoms with E-state index < -0.39 is 5.82 Å². The van der Waals surface area contributed by atoms with Gasteiger partial charge in [-0.2, -0.15) is 12.6 Å². The summed E-state index contributed by atoms with van der Waals surface area (Å²) in [7, 11) is 0. The van der Waals surface area contributed by atoms with Crippen LogP contribution in [0.2, 0.25) is 0 Å². The van der Waals surface area contributed by atoms with E-state index >= 15 is 0 Å². The Labute approximate surface area is 88.4 Å². The van der Waals surface area contributed by atoms with Gasteiger partial charge in [0.25, 0.3) is 0 Å². The molecule has 0 saturated carbocycles. The van der Waals surface area contributed by atoms with Gasteiger partial charge in [0.2, 0.25) is 0 Å². The van der Waals surface area contributed by atoms with E-state index in [-0.39, 0.29) is 6.61 Å². The molecule has 3 heteroatoms. The molecule has 1 aromatic rings. The number of rotatable bonds is 2. The van der Waals surface area contributed by atoms with E-state index in [0.717, 1.165) is 0 Å². The summed E-state index contributed by atoms with van der Waals surface area (Å²) in [5.74, 6) is 5.96. The lowest BCUT2D eigenvalue weighted by Gasteiger charge is -1.98. The molecule has 0 saturated heterocycles. The molecule has 1 aromatic carbocycles. The Bertz CT molecular complexity index is 365. The van der Waals surface area contributed by atoms with E-state index in [4.69, 9.17) is 5.11 Å². The zero-order chi connectivity index (χ0) is 10.4. The van der Waals surface area contributed by atoms with E-state index in [2.05, 4.69) is 24.5 Å². The molecule has 1 nitrogen and oxygen atoms in total. The number of aliphatic hydroxyl groups is 1. The predicted octanol–water partition coefficient (Wildman–Crippen LogP) is 1.99. The van der Waals surface area contributed by atoms with Crippen molar-refractivity contribution in [2.24, 2.45) is 0 Å². The summed E-state index contributed by atoms with van der Waals surface area (Å²) in [6.45, 7) is -0.282. The van der Waals surface area contributed by atoms with Crippen LogP contribution in [0.4, 0.5) is 4.39 Å². The van der Waals surface area contributed by atoms with E-state index in [0.29, 0.717) is 23.3 Å². The average molecular weight is 210 g/mol. The molecule has 14 heavy (non-hydrogen) atoms. The third kappa shape index (κ3) is 3.06. The van der Waals surface area contributed by atoms with Crippen LogP contribution in [0.3, 0.4) is 0 Å². The standard InChI is InChI=1S/C11H11FOS/c12-11-7-9(3-1-2-6-14)4-5-10(11)8-13/h4-5,7,13-14H,2,6,8H2. The van der Waals surface area contributed by atoms with Gasteiger partial charge < -0.3 is 5.11 Å². The van der Waals surface area contributed by atoms with Crippen molar-refractivity contribution in [2.75, 3.05) is 5.75 Å². The lowest BCUT2D eigenvalue weighted by Crippen LogP contribution is -1.90. The molecular weight excluding hydrogens is 199 g/mol. The zero-order valence-electron chi connectivity index (χ0n) is 7.63. The number of thiol groups is 1. The van der Waals surface area contributed by atoms with E-state index in [9.17, 15) is 4.39 Å². The highest BCUT2D eigenvalue weighted by molar-refractivity contribution is 7.80. The molecule has 74 valence electrons. The van der Waals surface area contributed by atoms with Gasteiger partial charge in [-0.3, -0.25) is 0 Å². The highest BCUT2D eigenvalue weighted by Crippen LogP contribution is 2.09. The summed E-state index contributed by atoms with van der Waals surface area (Å²) in [6.07, 6.45) is 0.687. The maximum Gasteiger partial charge on any atom is 0.129 e. The third-order valence-electron chi connectivity index (χ3n) is 1.69. The smallest absolute Gasteiger partial charge is 0.129 e. The summed E-state index contributed by atoms with van der Waals surface area (Å²) in [5.41, 5.74) is 0.922. The van der Waals surface area contributed by atoms with Gasteiger partial charge in [0.05, 0.1) is 6.61 Å². The van der Waals surface area contributed by atoms with E-state index in [1.54, 1.807) is 12.1 Å². The quantitative estimate of drug-likeness (QED) is 0.565. The zero-order valence-corrected chi connectivity index (χ0v) is 8.52. The van der Waals surface area contributed by atoms with Crippen LogP contribution in [-0.4, -0.2) is 10.9 Å². The molecular formula is C11H11FOS. The Morgan fingerprint density at radius 3 is 2.79 bits per heavy atom. The second kappa shape index (κ2) is 5.69. The second-order valence-corrected chi connectivity index (χ2v) is 3.19. The van der Waals surface area contributed by atoms with Gasteiger partial charge >= 0.3 is 0 Å². The Morgan fingerprint density at radius 2 is 2.21 bits per heavy atom. The Hall–Kier alpha value is -0.980. The molecule has 0 aliphatic rings. The monoisotopic (exact) mass is 210 g/mol. The van der Waals surface area contributed by atoms with Crippen LogP contribution in [-0.2, 0) is 6.61 Å². The van der Waals surface area contributed by atoms with Crippen LogP contribution in [0, 0.1) is 17.7 Å². The van der Waals surface area contributed by atoms with Gasteiger partial charge in [0.1, 0.15) is 5.82 Å². The van der Waals surface area contributed by atoms with Crippen molar-refractivity contribution >= 4 is 12.6 Å². The van der Waals surface area contributed by atoms with Gasteiger partial charge in [-0.05, 0) is 12.1 Å². The minimum Gasteiger partial charge on any atom is -0.392 e. The van der Waals surface area contributed by atoms with E-state index in [1.807, 2.05) is 0 Å². The highest BCUT2D eigenvalue weighted by atomic mass is 32.1. The molecule has 0 aliphatic heterocycles. The van der Waals surface area contributed by atoms with Crippen LogP contribution in [0.15, 0.2) is 18.2 Å². The summed E-state index contributed by atoms with van der Waals surface area (Å²) in [4.78, 5) is 0. The molecule has 0 aromatic heterocycles. The number of halogens is 1. The first-order valence-electron chi connectivity index (χ1n) is 4.27. The molecule has 0 heterocycles. The second-order valence-electron chi connectivity index (χ2n) is 2.74. The fourth-order valence-corrected chi connectivity index (χ4v) is 1.09. The SMILES string of the molecule is OCc1ccc(C#CCCS)cc1F. The Kier molecular flexibility index (Phi) is 4.51. The number of hydrogen-bond acceptors (Lipinski definition) is 2. The largest absolute Gasteiger partial charge is 0.392 e. The first-order chi connectivity index (χ1) is 6.77. The van der Waals surface area contributed by atoms with Crippen LogP contribution >= 0.6 is 12.6 Å². The van der Waals surface area contributed by atoms with Crippen molar-refractivity contribution in [1.82, 2.24) is 0 Å². The molecule has 0 fully saturated rings. The number of benzene rings is 1. The van der Waals surface area contributed by atoms with Crippen LogP contribution in [0.1, 0.15) is 17.5 Å². The van der Waals surface area contributed by atoms with Gasteiger partial charge in [0.15, 0.2) is 0 Å². The molecule has 1 rings (SSSR count). The molecule has 0 atom stereocenters. The number of aliphatic hydroxyl groups excluding tert-OH is 1. The minimum atomic E-state index is -0.412. The van der Waals surface area contributed by atoms with Crippen LogP contribution in [0.25, 0.3) is 0 Å². The van der Waals surface area contributed by atoms with Crippen molar-refractivity contribution in [3.63, 3.8) is 0 Å². The van der Waals surface area contributed by atoms with Crippen molar-refractivity contribution in [1.29, 1.82) is 0 Å². The molecule has 0 aliphatic carbocycles. The van der Waals surface area contributed by atoms with Gasteiger partial charge in [-0.15, -0.1) is 0 Å². The topological polar surface area (TPSA) is 20.2 Å². The molecule has 1 N–H and O–H groups in total. The first-order valence-corrected chi connectivity index (χ1v) is 4.90. The van der Waals surface area contributed by atoms with E-state index in [1.165, 1.54) is 6.07 Å².